The van der Waals surface area contributed by atoms with Gasteiger partial charge in [0.05, 0.1) is 0 Å². The van der Waals surface area contributed by atoms with Crippen molar-refractivity contribution in [1.29, 1.82) is 0 Å². The number of amides is 1. The fraction of sp³-hybridized carbons (Fsp3) is 0.261. The van der Waals surface area contributed by atoms with Gasteiger partial charge in [0.2, 0.25) is 0 Å². The number of likely N-dealkylation sites (N-methyl/N-ethyl adjacent to an activating group) is 1. The second-order valence-corrected chi connectivity index (χ2v) is 7.35. The summed E-state index contributed by atoms with van der Waals surface area (Å²) in [5.74, 6) is -2.11. The molecule has 30 heavy (non-hydrogen) atoms. The van der Waals surface area contributed by atoms with Gasteiger partial charge in [-0.3, -0.25) is 9.59 Å². The van der Waals surface area contributed by atoms with Gasteiger partial charge in [0.25, 0.3) is 5.91 Å². The van der Waals surface area contributed by atoms with Gasteiger partial charge >= 0.3 is 11.9 Å². The number of allylic oxidation sites excluding steroid dienone is 1. The van der Waals surface area contributed by atoms with Crippen LogP contribution < -0.4 is 0 Å². The number of carbonyl (C=O) groups excluding carboxylic acids is 2. The van der Waals surface area contributed by atoms with Crippen LogP contribution in [0.4, 0.5) is 0 Å². The van der Waals surface area contributed by atoms with E-state index in [2.05, 4.69) is 19.2 Å². The number of carbonyl (C=O) groups is 3. The van der Waals surface area contributed by atoms with Crippen LogP contribution in [0.3, 0.4) is 0 Å². The van der Waals surface area contributed by atoms with Crippen molar-refractivity contribution in [3.63, 3.8) is 0 Å². The van der Waals surface area contributed by atoms with Crippen molar-refractivity contribution in [3.8, 4) is 0 Å². The third kappa shape index (κ3) is 6.77. The highest BCUT2D eigenvalue weighted by molar-refractivity contribution is 7.80. The average Bonchev–Trinajstić information content (AvgIpc) is 2.72. The molecular formula is C23H25NO5S. The first-order valence-electron chi connectivity index (χ1n) is 9.45. The first kappa shape index (κ1) is 23.2. The maximum atomic E-state index is 12.8. The normalized spacial score (nSPS) is 11.4. The van der Waals surface area contributed by atoms with Gasteiger partial charge in [-0.25, -0.2) is 4.79 Å². The van der Waals surface area contributed by atoms with E-state index in [4.69, 9.17) is 9.84 Å². The minimum absolute atomic E-state index is 0.0293. The van der Waals surface area contributed by atoms with E-state index in [1.165, 1.54) is 11.9 Å². The van der Waals surface area contributed by atoms with E-state index < -0.39 is 23.9 Å². The number of hydrogen-bond acceptors (Lipinski definition) is 5. The Morgan fingerprint density at radius 3 is 2.53 bits per heavy atom. The standard InChI is InChI=1S/C23H25NO5S/c1-3-6-16-7-4-8-17(13-16)15-29-23(28)20(11-12-21(25)26)24(2)22(27)18-9-5-10-19(30)14-18/h3-5,7-10,13-14,20,30H,1,6,11-12,15H2,2H3,(H,25,26). The molecule has 0 aliphatic carbocycles. The minimum atomic E-state index is -1.05. The molecule has 0 aliphatic rings. The molecule has 158 valence electrons. The lowest BCUT2D eigenvalue weighted by Crippen LogP contribution is -2.43. The Balaban J connectivity index is 2.13. The number of esters is 1. The predicted octanol–water partition coefficient (Wildman–Crippen LogP) is 3.75. The van der Waals surface area contributed by atoms with Crippen molar-refractivity contribution in [2.75, 3.05) is 7.05 Å². The number of benzene rings is 2. The molecule has 1 atom stereocenters. The lowest BCUT2D eigenvalue weighted by molar-refractivity contribution is -0.150. The smallest absolute Gasteiger partial charge is 0.329 e. The Hall–Kier alpha value is -3.06. The lowest BCUT2D eigenvalue weighted by Gasteiger charge is -2.26. The van der Waals surface area contributed by atoms with Crippen LogP contribution in [0.2, 0.25) is 0 Å². The molecule has 0 aromatic heterocycles. The van der Waals surface area contributed by atoms with Crippen LogP contribution in [0, 0.1) is 0 Å². The maximum absolute atomic E-state index is 12.8. The first-order chi connectivity index (χ1) is 14.3. The van der Waals surface area contributed by atoms with Crippen LogP contribution in [0.1, 0.15) is 34.3 Å². The fourth-order valence-electron chi connectivity index (χ4n) is 2.98. The van der Waals surface area contributed by atoms with Gasteiger partial charge in [0.1, 0.15) is 12.6 Å². The fourth-order valence-corrected chi connectivity index (χ4v) is 3.20. The SMILES string of the molecule is C=CCc1cccc(COC(=O)C(CCC(=O)O)N(C)C(=O)c2cccc(S)c2)c1. The number of aliphatic carboxylic acids is 1. The first-order valence-corrected chi connectivity index (χ1v) is 9.90. The molecule has 0 fully saturated rings. The Kier molecular flexibility index (Phi) is 8.68. The summed E-state index contributed by atoms with van der Waals surface area (Å²) in [7, 11) is 1.46. The Morgan fingerprint density at radius 1 is 1.17 bits per heavy atom. The molecule has 0 radical (unpaired) electrons. The van der Waals surface area contributed by atoms with Crippen LogP contribution >= 0.6 is 12.6 Å². The molecule has 0 aliphatic heterocycles. The van der Waals surface area contributed by atoms with Crippen molar-refractivity contribution >= 4 is 30.5 Å². The van der Waals surface area contributed by atoms with Crippen molar-refractivity contribution < 1.29 is 24.2 Å². The molecule has 2 aromatic rings. The summed E-state index contributed by atoms with van der Waals surface area (Å²) >= 11 is 4.23. The van der Waals surface area contributed by atoms with E-state index in [0.717, 1.165) is 11.1 Å². The van der Waals surface area contributed by atoms with Crippen molar-refractivity contribution in [3.05, 3.63) is 77.9 Å². The molecule has 6 nitrogen and oxygen atoms in total. The molecule has 0 heterocycles. The van der Waals surface area contributed by atoms with Gasteiger partial charge in [0, 0.05) is 23.9 Å². The molecule has 0 saturated carbocycles. The van der Waals surface area contributed by atoms with E-state index >= 15 is 0 Å². The zero-order valence-electron chi connectivity index (χ0n) is 16.8. The summed E-state index contributed by atoms with van der Waals surface area (Å²) in [5.41, 5.74) is 2.20. The summed E-state index contributed by atoms with van der Waals surface area (Å²) < 4.78 is 5.42. The Bertz CT molecular complexity index is 927. The summed E-state index contributed by atoms with van der Waals surface area (Å²) in [5, 5.41) is 9.03. The van der Waals surface area contributed by atoms with Gasteiger partial charge in [-0.1, -0.05) is 36.4 Å². The number of ether oxygens (including phenoxy) is 1. The number of rotatable bonds is 10. The highest BCUT2D eigenvalue weighted by atomic mass is 32.1. The van der Waals surface area contributed by atoms with E-state index in [0.29, 0.717) is 16.9 Å². The summed E-state index contributed by atoms with van der Waals surface area (Å²) in [6, 6.07) is 13.2. The third-order valence-corrected chi connectivity index (χ3v) is 4.82. The quantitative estimate of drug-likeness (QED) is 0.343. The molecule has 1 amide bonds. The monoisotopic (exact) mass is 427 g/mol. The van der Waals surface area contributed by atoms with Crippen molar-refractivity contribution in [2.45, 2.75) is 36.8 Å². The Labute approximate surface area is 181 Å². The van der Waals surface area contributed by atoms with E-state index in [1.54, 1.807) is 30.3 Å². The summed E-state index contributed by atoms with van der Waals surface area (Å²) in [4.78, 5) is 38.4. The van der Waals surface area contributed by atoms with Gasteiger partial charge in [-0.2, -0.15) is 0 Å². The zero-order chi connectivity index (χ0) is 22.1. The van der Waals surface area contributed by atoms with Gasteiger partial charge in [-0.05, 0) is 42.2 Å². The van der Waals surface area contributed by atoms with E-state index in [9.17, 15) is 14.4 Å². The van der Waals surface area contributed by atoms with Gasteiger partial charge < -0.3 is 14.7 Å². The van der Waals surface area contributed by atoms with Crippen molar-refractivity contribution in [1.82, 2.24) is 4.90 Å². The topological polar surface area (TPSA) is 83.9 Å². The second kappa shape index (κ2) is 11.2. The third-order valence-electron chi connectivity index (χ3n) is 4.54. The molecule has 2 aromatic carbocycles. The number of nitrogens with zero attached hydrogens (tertiary/aromatic N) is 1. The highest BCUT2D eigenvalue weighted by Crippen LogP contribution is 2.16. The summed E-state index contributed by atoms with van der Waals surface area (Å²) in [6.07, 6.45) is 2.17. The average molecular weight is 428 g/mol. The zero-order valence-corrected chi connectivity index (χ0v) is 17.7. The van der Waals surface area contributed by atoms with Crippen molar-refractivity contribution in [2.24, 2.45) is 0 Å². The summed E-state index contributed by atoms with van der Waals surface area (Å²) in [6.45, 7) is 3.74. The Morgan fingerprint density at radius 2 is 1.87 bits per heavy atom. The molecular weight excluding hydrogens is 402 g/mol. The van der Waals surface area contributed by atoms with E-state index in [1.807, 2.05) is 24.3 Å². The lowest BCUT2D eigenvalue weighted by atomic mass is 10.1. The highest BCUT2D eigenvalue weighted by Gasteiger charge is 2.29. The number of thiol groups is 1. The van der Waals surface area contributed by atoms with E-state index in [-0.39, 0.29) is 19.4 Å². The molecule has 7 heteroatoms. The van der Waals surface area contributed by atoms with Crippen LogP contribution in [0.25, 0.3) is 0 Å². The maximum Gasteiger partial charge on any atom is 0.329 e. The van der Waals surface area contributed by atoms with Crippen LogP contribution in [0.5, 0.6) is 0 Å². The van der Waals surface area contributed by atoms with Crippen LogP contribution in [0.15, 0.2) is 66.1 Å². The minimum Gasteiger partial charge on any atom is -0.481 e. The number of carboxylic acid groups (broad SMARTS) is 1. The molecule has 2 rings (SSSR count). The van der Waals surface area contributed by atoms with Gasteiger partial charge in [0.15, 0.2) is 0 Å². The predicted molar refractivity (Wildman–Crippen MR) is 117 cm³/mol. The number of carboxylic acids is 1. The molecule has 0 spiro atoms. The van der Waals surface area contributed by atoms with Crippen LogP contribution in [-0.2, 0) is 27.4 Å². The number of hydrogen-bond donors (Lipinski definition) is 2. The molecule has 1 N–H and O–H groups in total. The second-order valence-electron chi connectivity index (χ2n) is 6.84. The molecule has 1 unspecified atom stereocenters. The largest absolute Gasteiger partial charge is 0.481 e. The molecule has 0 saturated heterocycles. The molecule has 0 bridgehead atoms. The van der Waals surface area contributed by atoms with Crippen LogP contribution in [-0.4, -0.2) is 40.9 Å². The van der Waals surface area contributed by atoms with Gasteiger partial charge in [-0.15, -0.1) is 19.2 Å².